The highest BCUT2D eigenvalue weighted by molar-refractivity contribution is 6.30. The SMILES string of the molecule is CCOC(=O)C(Cl)NC(C)=O. The first-order valence-corrected chi connectivity index (χ1v) is 3.59. The number of hydrogen-bond donors (Lipinski definition) is 1. The van der Waals surface area contributed by atoms with Crippen LogP contribution in [0.1, 0.15) is 13.8 Å². The molecule has 5 heteroatoms. The van der Waals surface area contributed by atoms with E-state index in [4.69, 9.17) is 11.6 Å². The Morgan fingerprint density at radius 1 is 1.64 bits per heavy atom. The van der Waals surface area contributed by atoms with Gasteiger partial charge in [-0.3, -0.25) is 4.79 Å². The highest BCUT2D eigenvalue weighted by atomic mass is 35.5. The Morgan fingerprint density at radius 3 is 2.55 bits per heavy atom. The summed E-state index contributed by atoms with van der Waals surface area (Å²) in [7, 11) is 0. The number of amides is 1. The van der Waals surface area contributed by atoms with Crippen molar-refractivity contribution in [1.82, 2.24) is 5.32 Å². The number of nitrogens with one attached hydrogen (secondary N) is 1. The summed E-state index contributed by atoms with van der Waals surface area (Å²) >= 11 is 5.40. The number of halogens is 1. The molecule has 1 N–H and O–H groups in total. The minimum absolute atomic E-state index is 0.252. The van der Waals surface area contributed by atoms with Crippen LogP contribution in [0.2, 0.25) is 0 Å². The van der Waals surface area contributed by atoms with Crippen molar-refractivity contribution in [1.29, 1.82) is 0 Å². The molecule has 0 aromatic carbocycles. The summed E-state index contributed by atoms with van der Waals surface area (Å²) in [6.07, 6.45) is 0. The number of esters is 1. The molecular weight excluding hydrogens is 170 g/mol. The molecule has 0 aliphatic carbocycles. The third-order valence-corrected chi connectivity index (χ3v) is 1.11. The predicted octanol–water partition coefficient (Wildman–Crippen LogP) is 0.251. The standard InChI is InChI=1S/C6H10ClNO3/c1-3-11-6(10)5(7)8-4(2)9/h5H,3H2,1-2H3,(H,8,9). The van der Waals surface area contributed by atoms with E-state index < -0.39 is 11.5 Å². The van der Waals surface area contributed by atoms with E-state index in [9.17, 15) is 9.59 Å². The Hall–Kier alpha value is -0.770. The Kier molecular flexibility index (Phi) is 4.61. The van der Waals surface area contributed by atoms with Gasteiger partial charge in [-0.05, 0) is 6.92 Å². The average molecular weight is 180 g/mol. The number of ether oxygens (including phenoxy) is 1. The third kappa shape index (κ3) is 4.61. The molecule has 0 spiro atoms. The van der Waals surface area contributed by atoms with Gasteiger partial charge in [-0.25, -0.2) is 4.79 Å². The maximum atomic E-state index is 10.7. The molecule has 1 amide bonds. The largest absolute Gasteiger partial charge is 0.464 e. The van der Waals surface area contributed by atoms with Gasteiger partial charge in [0.15, 0.2) is 0 Å². The lowest BCUT2D eigenvalue weighted by Gasteiger charge is -2.07. The molecule has 0 bridgehead atoms. The van der Waals surface area contributed by atoms with Crippen LogP contribution in [0.25, 0.3) is 0 Å². The van der Waals surface area contributed by atoms with Crippen LogP contribution in [0.5, 0.6) is 0 Å². The second-order valence-electron chi connectivity index (χ2n) is 1.82. The normalized spacial score (nSPS) is 11.9. The Bertz CT molecular complexity index is 160. The van der Waals surface area contributed by atoms with Gasteiger partial charge in [0.25, 0.3) is 0 Å². The van der Waals surface area contributed by atoms with Crippen molar-refractivity contribution < 1.29 is 14.3 Å². The highest BCUT2D eigenvalue weighted by Crippen LogP contribution is 1.94. The lowest BCUT2D eigenvalue weighted by molar-refractivity contribution is -0.144. The maximum absolute atomic E-state index is 10.7. The van der Waals surface area contributed by atoms with Crippen LogP contribution in [-0.4, -0.2) is 24.0 Å². The molecule has 11 heavy (non-hydrogen) atoms. The Morgan fingerprint density at radius 2 is 2.18 bits per heavy atom. The van der Waals surface area contributed by atoms with Gasteiger partial charge in [-0.1, -0.05) is 11.6 Å². The van der Waals surface area contributed by atoms with Crippen LogP contribution >= 0.6 is 11.6 Å². The van der Waals surface area contributed by atoms with Crippen LogP contribution in [0, 0.1) is 0 Å². The zero-order valence-corrected chi connectivity index (χ0v) is 7.14. The molecule has 0 aliphatic rings. The minimum atomic E-state index is -1.08. The van der Waals surface area contributed by atoms with Crippen molar-refractivity contribution in [3.63, 3.8) is 0 Å². The van der Waals surface area contributed by atoms with Gasteiger partial charge < -0.3 is 10.1 Å². The molecule has 0 aromatic heterocycles. The summed E-state index contributed by atoms with van der Waals surface area (Å²) in [5.41, 5.74) is -1.08. The molecule has 0 saturated carbocycles. The van der Waals surface area contributed by atoms with Crippen LogP contribution in [0.4, 0.5) is 0 Å². The molecule has 64 valence electrons. The van der Waals surface area contributed by atoms with E-state index >= 15 is 0 Å². The van der Waals surface area contributed by atoms with Crippen molar-refractivity contribution in [2.24, 2.45) is 0 Å². The number of carbonyl (C=O) groups excluding carboxylic acids is 2. The van der Waals surface area contributed by atoms with E-state index in [-0.39, 0.29) is 12.5 Å². The molecule has 1 atom stereocenters. The molecule has 0 aliphatic heterocycles. The lowest BCUT2D eigenvalue weighted by atomic mass is 10.6. The topological polar surface area (TPSA) is 55.4 Å². The summed E-state index contributed by atoms with van der Waals surface area (Å²) < 4.78 is 4.52. The Labute approximate surface area is 69.9 Å². The molecule has 0 rings (SSSR count). The van der Waals surface area contributed by atoms with E-state index in [0.717, 1.165) is 0 Å². The molecular formula is C6H10ClNO3. The van der Waals surface area contributed by atoms with E-state index in [1.54, 1.807) is 6.92 Å². The van der Waals surface area contributed by atoms with Crippen molar-refractivity contribution in [2.75, 3.05) is 6.61 Å². The van der Waals surface area contributed by atoms with Gasteiger partial charge in [0.2, 0.25) is 11.4 Å². The van der Waals surface area contributed by atoms with Gasteiger partial charge >= 0.3 is 5.97 Å². The van der Waals surface area contributed by atoms with E-state index in [1.165, 1.54) is 6.92 Å². The van der Waals surface area contributed by atoms with Gasteiger partial charge in [0.1, 0.15) is 0 Å². The van der Waals surface area contributed by atoms with Gasteiger partial charge in [-0.2, -0.15) is 0 Å². The summed E-state index contributed by atoms with van der Waals surface area (Å²) in [6, 6.07) is 0. The second-order valence-corrected chi connectivity index (χ2v) is 2.25. The van der Waals surface area contributed by atoms with E-state index in [1.807, 2.05) is 0 Å². The van der Waals surface area contributed by atoms with E-state index in [2.05, 4.69) is 10.1 Å². The number of alkyl halides is 1. The molecule has 1 unspecified atom stereocenters. The molecule has 0 aromatic rings. The Balaban J connectivity index is 3.73. The van der Waals surface area contributed by atoms with Crippen LogP contribution in [0.15, 0.2) is 0 Å². The van der Waals surface area contributed by atoms with Crippen molar-refractivity contribution in [2.45, 2.75) is 19.3 Å². The van der Waals surface area contributed by atoms with Crippen molar-refractivity contribution >= 4 is 23.5 Å². The minimum Gasteiger partial charge on any atom is -0.464 e. The number of hydrogen-bond acceptors (Lipinski definition) is 3. The maximum Gasteiger partial charge on any atom is 0.344 e. The summed E-state index contributed by atoms with van der Waals surface area (Å²) in [5.74, 6) is -0.998. The summed E-state index contributed by atoms with van der Waals surface area (Å²) in [4.78, 5) is 21.1. The van der Waals surface area contributed by atoms with Crippen molar-refractivity contribution in [3.05, 3.63) is 0 Å². The molecule has 0 heterocycles. The monoisotopic (exact) mass is 179 g/mol. The third-order valence-electron chi connectivity index (χ3n) is 0.824. The van der Waals surface area contributed by atoms with Gasteiger partial charge in [-0.15, -0.1) is 0 Å². The van der Waals surface area contributed by atoms with E-state index in [0.29, 0.717) is 0 Å². The molecule has 0 radical (unpaired) electrons. The fourth-order valence-electron chi connectivity index (χ4n) is 0.453. The zero-order valence-electron chi connectivity index (χ0n) is 6.39. The predicted molar refractivity (Wildman–Crippen MR) is 40.1 cm³/mol. The zero-order chi connectivity index (χ0) is 8.85. The lowest BCUT2D eigenvalue weighted by Crippen LogP contribution is -2.36. The first-order chi connectivity index (χ1) is 5.07. The first kappa shape index (κ1) is 10.2. The first-order valence-electron chi connectivity index (χ1n) is 3.15. The molecule has 4 nitrogen and oxygen atoms in total. The van der Waals surface area contributed by atoms with Gasteiger partial charge in [0, 0.05) is 6.92 Å². The smallest absolute Gasteiger partial charge is 0.344 e. The average Bonchev–Trinajstić information content (AvgIpc) is 1.86. The van der Waals surface area contributed by atoms with Crippen LogP contribution in [0.3, 0.4) is 0 Å². The summed E-state index contributed by atoms with van der Waals surface area (Å²) in [6.45, 7) is 3.19. The quantitative estimate of drug-likeness (QED) is 0.384. The molecule has 0 fully saturated rings. The fourth-order valence-corrected chi connectivity index (χ4v) is 0.669. The summed E-state index contributed by atoms with van der Waals surface area (Å²) in [5, 5.41) is 2.18. The second kappa shape index (κ2) is 4.96. The van der Waals surface area contributed by atoms with Crippen molar-refractivity contribution in [3.8, 4) is 0 Å². The fraction of sp³-hybridized carbons (Fsp3) is 0.667. The van der Waals surface area contributed by atoms with Crippen LogP contribution < -0.4 is 5.32 Å². The van der Waals surface area contributed by atoms with Crippen LogP contribution in [-0.2, 0) is 14.3 Å². The highest BCUT2D eigenvalue weighted by Gasteiger charge is 2.16. The van der Waals surface area contributed by atoms with Gasteiger partial charge in [0.05, 0.1) is 6.61 Å². The number of rotatable bonds is 3. The molecule has 0 saturated heterocycles. The number of carbonyl (C=O) groups is 2.